The molecule has 0 heterocycles. The molecule has 0 unspecified atom stereocenters. The number of nitrogens with zero attached hydrogens (tertiary/aromatic N) is 1. The lowest BCUT2D eigenvalue weighted by atomic mass is 10.3. The molecule has 1 aromatic carbocycles. The first-order valence-electron chi connectivity index (χ1n) is 6.59. The molecule has 3 N–H and O–H groups in total. The lowest BCUT2D eigenvalue weighted by molar-refractivity contribution is 0.315. The second kappa shape index (κ2) is 11.0. The smallest absolute Gasteiger partial charge is 0.189 e. The highest BCUT2D eigenvalue weighted by Gasteiger charge is 2.02. The number of hydrogen-bond acceptors (Lipinski definition) is 4. The van der Waals surface area contributed by atoms with E-state index in [0.717, 1.165) is 5.57 Å². The molecule has 0 atom stereocenters. The van der Waals surface area contributed by atoms with Crippen molar-refractivity contribution in [1.82, 2.24) is 5.32 Å². The van der Waals surface area contributed by atoms with E-state index < -0.39 is 0 Å². The number of halogens is 1. The number of rotatable bonds is 8. The van der Waals surface area contributed by atoms with Gasteiger partial charge in [0.1, 0.15) is 23.9 Å². The van der Waals surface area contributed by atoms with Crippen molar-refractivity contribution in [3.63, 3.8) is 0 Å². The Morgan fingerprint density at radius 2 is 1.73 bits per heavy atom. The van der Waals surface area contributed by atoms with Crippen LogP contribution < -0.4 is 25.3 Å². The number of methoxy groups -OCH3 is 2. The maximum atomic E-state index is 5.69. The van der Waals surface area contributed by atoms with Crippen LogP contribution >= 0.6 is 24.0 Å². The fourth-order valence-electron chi connectivity index (χ4n) is 1.49. The van der Waals surface area contributed by atoms with Crippen molar-refractivity contribution in [2.24, 2.45) is 10.7 Å². The van der Waals surface area contributed by atoms with Crippen molar-refractivity contribution in [2.45, 2.75) is 6.92 Å². The predicted octanol–water partition coefficient (Wildman–Crippen LogP) is 2.18. The Balaban J connectivity index is 0.00000441. The van der Waals surface area contributed by atoms with Crippen molar-refractivity contribution < 1.29 is 14.2 Å². The first kappa shape index (κ1) is 20.4. The standard InChI is InChI=1S/C15H23N3O3.HI/c1-11(2)10-18-15(16)17-5-6-21-14-8-12(19-3)7-13(9-14)20-4;/h7-9H,1,5-6,10H2,2-4H3,(H3,16,17,18);1H. The predicted molar refractivity (Wildman–Crippen MR) is 99.8 cm³/mol. The Labute approximate surface area is 148 Å². The Kier molecular flexibility index (Phi) is 10.2. The maximum absolute atomic E-state index is 5.69. The SMILES string of the molecule is C=C(C)CN=C(N)NCCOc1cc(OC)cc(OC)c1.I. The molecule has 0 radical (unpaired) electrons. The van der Waals surface area contributed by atoms with Crippen molar-refractivity contribution in [1.29, 1.82) is 0 Å². The van der Waals surface area contributed by atoms with Crippen LogP contribution in [0.1, 0.15) is 6.92 Å². The van der Waals surface area contributed by atoms with E-state index >= 15 is 0 Å². The van der Waals surface area contributed by atoms with Gasteiger partial charge in [-0.3, -0.25) is 0 Å². The van der Waals surface area contributed by atoms with Gasteiger partial charge in [-0.25, -0.2) is 4.99 Å². The minimum absolute atomic E-state index is 0. The lowest BCUT2D eigenvalue weighted by Gasteiger charge is -2.11. The zero-order valence-corrected chi connectivity index (χ0v) is 15.5. The number of aliphatic imine (C=N–C) groups is 1. The Morgan fingerprint density at radius 1 is 1.18 bits per heavy atom. The number of benzene rings is 1. The molecular weight excluding hydrogens is 397 g/mol. The van der Waals surface area contributed by atoms with E-state index in [9.17, 15) is 0 Å². The van der Waals surface area contributed by atoms with Gasteiger partial charge in [0.25, 0.3) is 0 Å². The Bertz CT molecular complexity index is 485. The topological polar surface area (TPSA) is 78.1 Å². The molecule has 0 saturated heterocycles. The number of hydrogen-bond donors (Lipinski definition) is 2. The molecule has 0 spiro atoms. The normalized spacial score (nSPS) is 10.4. The monoisotopic (exact) mass is 421 g/mol. The van der Waals surface area contributed by atoms with Crippen LogP contribution in [0.25, 0.3) is 0 Å². The van der Waals surface area contributed by atoms with Crippen LogP contribution in [-0.4, -0.2) is 39.9 Å². The summed E-state index contributed by atoms with van der Waals surface area (Å²) in [4.78, 5) is 4.11. The van der Waals surface area contributed by atoms with Crippen molar-refractivity contribution >= 4 is 29.9 Å². The van der Waals surface area contributed by atoms with Gasteiger partial charge in [0.2, 0.25) is 0 Å². The second-order valence-electron chi connectivity index (χ2n) is 4.48. The van der Waals surface area contributed by atoms with Gasteiger partial charge in [-0.1, -0.05) is 12.2 Å². The van der Waals surface area contributed by atoms with E-state index in [1.807, 2.05) is 6.92 Å². The van der Waals surface area contributed by atoms with Crippen molar-refractivity contribution in [3.8, 4) is 17.2 Å². The largest absolute Gasteiger partial charge is 0.496 e. The minimum Gasteiger partial charge on any atom is -0.496 e. The van der Waals surface area contributed by atoms with Crippen LogP contribution in [0.5, 0.6) is 17.2 Å². The molecular formula is C15H24IN3O3. The summed E-state index contributed by atoms with van der Waals surface area (Å²) in [6.45, 7) is 7.17. The van der Waals surface area contributed by atoms with E-state index in [-0.39, 0.29) is 24.0 Å². The number of nitrogens with one attached hydrogen (secondary N) is 1. The molecule has 0 aliphatic carbocycles. The molecule has 0 amide bonds. The summed E-state index contributed by atoms with van der Waals surface area (Å²) in [5.74, 6) is 2.41. The minimum atomic E-state index is 0. The van der Waals surface area contributed by atoms with Crippen molar-refractivity contribution in [3.05, 3.63) is 30.4 Å². The molecule has 0 aliphatic rings. The van der Waals surface area contributed by atoms with Crippen molar-refractivity contribution in [2.75, 3.05) is 33.9 Å². The number of nitrogens with two attached hydrogens (primary N) is 1. The van der Waals surface area contributed by atoms with E-state index in [0.29, 0.717) is 42.9 Å². The summed E-state index contributed by atoms with van der Waals surface area (Å²) in [5.41, 5.74) is 6.65. The third kappa shape index (κ3) is 7.96. The highest BCUT2D eigenvalue weighted by atomic mass is 127. The highest BCUT2D eigenvalue weighted by Crippen LogP contribution is 2.27. The van der Waals surface area contributed by atoms with E-state index in [4.69, 9.17) is 19.9 Å². The van der Waals surface area contributed by atoms with Crippen LogP contribution in [-0.2, 0) is 0 Å². The molecule has 124 valence electrons. The first-order chi connectivity index (χ1) is 10.0. The van der Waals surface area contributed by atoms with E-state index in [1.165, 1.54) is 0 Å². The molecule has 0 aliphatic heterocycles. The fraction of sp³-hybridized carbons (Fsp3) is 0.400. The molecule has 0 fully saturated rings. The summed E-state index contributed by atoms with van der Waals surface area (Å²) < 4.78 is 16.0. The number of guanidine groups is 1. The van der Waals surface area contributed by atoms with Gasteiger partial charge in [0.15, 0.2) is 5.96 Å². The first-order valence-corrected chi connectivity index (χ1v) is 6.59. The maximum Gasteiger partial charge on any atom is 0.189 e. The summed E-state index contributed by atoms with van der Waals surface area (Å²) in [6.07, 6.45) is 0. The molecule has 1 aromatic rings. The molecule has 0 saturated carbocycles. The van der Waals surface area contributed by atoms with Gasteiger partial charge in [-0.05, 0) is 6.92 Å². The van der Waals surface area contributed by atoms with Crippen LogP contribution in [0.2, 0.25) is 0 Å². The Morgan fingerprint density at radius 3 is 2.23 bits per heavy atom. The molecule has 22 heavy (non-hydrogen) atoms. The average molecular weight is 421 g/mol. The van der Waals surface area contributed by atoms with Crippen LogP contribution in [0.3, 0.4) is 0 Å². The lowest BCUT2D eigenvalue weighted by Crippen LogP contribution is -2.34. The van der Waals surface area contributed by atoms with E-state index in [1.54, 1.807) is 32.4 Å². The van der Waals surface area contributed by atoms with Gasteiger partial charge in [-0.2, -0.15) is 0 Å². The van der Waals surface area contributed by atoms with Gasteiger partial charge in [0, 0.05) is 18.2 Å². The van der Waals surface area contributed by atoms with Gasteiger partial charge >= 0.3 is 0 Å². The van der Waals surface area contributed by atoms with Gasteiger partial charge in [0.05, 0.1) is 27.3 Å². The molecule has 1 rings (SSSR count). The quantitative estimate of drug-likeness (QED) is 0.221. The summed E-state index contributed by atoms with van der Waals surface area (Å²) in [7, 11) is 3.19. The summed E-state index contributed by atoms with van der Waals surface area (Å²) in [5, 5.41) is 2.96. The third-order valence-electron chi connectivity index (χ3n) is 2.52. The summed E-state index contributed by atoms with van der Waals surface area (Å²) >= 11 is 0. The fourth-order valence-corrected chi connectivity index (χ4v) is 1.49. The highest BCUT2D eigenvalue weighted by molar-refractivity contribution is 14.0. The zero-order chi connectivity index (χ0) is 15.7. The third-order valence-corrected chi connectivity index (χ3v) is 2.52. The molecule has 0 bridgehead atoms. The molecule has 6 nitrogen and oxygen atoms in total. The van der Waals surface area contributed by atoms with Crippen LogP contribution in [0.4, 0.5) is 0 Å². The Hall–Kier alpha value is -1.64. The van der Waals surface area contributed by atoms with Crippen LogP contribution in [0, 0.1) is 0 Å². The average Bonchev–Trinajstić information content (AvgIpc) is 2.49. The molecule has 7 heteroatoms. The van der Waals surface area contributed by atoms with E-state index in [2.05, 4.69) is 16.9 Å². The van der Waals surface area contributed by atoms with Gasteiger partial charge < -0.3 is 25.3 Å². The summed E-state index contributed by atoms with van der Waals surface area (Å²) in [6, 6.07) is 5.37. The van der Waals surface area contributed by atoms with Crippen LogP contribution in [0.15, 0.2) is 35.3 Å². The molecule has 0 aromatic heterocycles. The zero-order valence-electron chi connectivity index (χ0n) is 13.2. The van der Waals surface area contributed by atoms with Gasteiger partial charge in [-0.15, -0.1) is 24.0 Å². The second-order valence-corrected chi connectivity index (χ2v) is 4.48. The number of ether oxygens (including phenoxy) is 3.